The van der Waals surface area contributed by atoms with Crippen molar-refractivity contribution < 1.29 is 17.9 Å². The molecule has 0 aromatic carbocycles. The Morgan fingerprint density at radius 3 is 2.21 bits per heavy atom. The van der Waals surface area contributed by atoms with Gasteiger partial charge in [-0.3, -0.25) is 0 Å². The lowest BCUT2D eigenvalue weighted by atomic mass is 10.5. The molecule has 0 heterocycles. The molecule has 19 heavy (non-hydrogen) atoms. The molecule has 0 aromatic heterocycles. The van der Waals surface area contributed by atoms with Gasteiger partial charge in [-0.1, -0.05) is 0 Å². The van der Waals surface area contributed by atoms with Crippen molar-refractivity contribution in [1.29, 1.82) is 0 Å². The zero-order valence-corrected chi connectivity index (χ0v) is 12.7. The Hall–Kier alpha value is -0.210. The van der Waals surface area contributed by atoms with Crippen molar-refractivity contribution in [2.45, 2.75) is 25.3 Å². The van der Waals surface area contributed by atoms with Crippen LogP contribution >= 0.6 is 0 Å². The Kier molecular flexibility index (Phi) is 7.86. The molecule has 0 aliphatic heterocycles. The van der Waals surface area contributed by atoms with Crippen LogP contribution in [0.4, 0.5) is 0 Å². The smallest absolute Gasteiger partial charge is 0.214 e. The van der Waals surface area contributed by atoms with E-state index < -0.39 is 10.0 Å². The van der Waals surface area contributed by atoms with E-state index in [9.17, 15) is 8.42 Å². The average molecular weight is 294 g/mol. The molecule has 7 heteroatoms. The Bertz CT molecular complexity index is 323. The summed E-state index contributed by atoms with van der Waals surface area (Å²) in [7, 11) is -0.0708. The van der Waals surface area contributed by atoms with Gasteiger partial charge in [0.1, 0.15) is 0 Å². The lowest BCUT2D eigenvalue weighted by molar-refractivity contribution is 0.150. The summed E-state index contributed by atoms with van der Waals surface area (Å²) in [4.78, 5) is 0. The summed E-state index contributed by atoms with van der Waals surface area (Å²) in [6.07, 6.45) is 3.09. The summed E-state index contributed by atoms with van der Waals surface area (Å²) in [5.74, 6) is 0.181. The molecule has 0 unspecified atom stereocenters. The van der Waals surface area contributed by atoms with Crippen LogP contribution in [0, 0.1) is 0 Å². The summed E-state index contributed by atoms with van der Waals surface area (Å²) in [5.41, 5.74) is 0. The second kappa shape index (κ2) is 8.86. The lowest BCUT2D eigenvalue weighted by Gasteiger charge is -2.21. The van der Waals surface area contributed by atoms with Crippen molar-refractivity contribution in [3.05, 3.63) is 0 Å². The maximum absolute atomic E-state index is 12.2. The van der Waals surface area contributed by atoms with Gasteiger partial charge in [0, 0.05) is 33.4 Å². The Morgan fingerprint density at radius 2 is 1.74 bits per heavy atom. The normalized spacial score (nSPS) is 16.2. The molecule has 0 atom stereocenters. The summed E-state index contributed by atoms with van der Waals surface area (Å²) < 4.78 is 35.7. The second-order valence-electron chi connectivity index (χ2n) is 4.78. The number of nitrogens with zero attached hydrogens (tertiary/aromatic N) is 1. The summed E-state index contributed by atoms with van der Waals surface area (Å²) in [6.45, 7) is 2.36. The first-order valence-electron chi connectivity index (χ1n) is 6.79. The van der Waals surface area contributed by atoms with Crippen molar-refractivity contribution in [2.75, 3.05) is 52.8 Å². The van der Waals surface area contributed by atoms with E-state index >= 15 is 0 Å². The van der Waals surface area contributed by atoms with Crippen molar-refractivity contribution in [1.82, 2.24) is 9.62 Å². The molecule has 0 aromatic rings. The number of nitrogens with one attached hydrogen (secondary N) is 1. The highest BCUT2D eigenvalue weighted by molar-refractivity contribution is 7.89. The van der Waals surface area contributed by atoms with Crippen LogP contribution in [0.2, 0.25) is 0 Å². The quantitative estimate of drug-likeness (QED) is 0.515. The number of methoxy groups -OCH3 is 2. The van der Waals surface area contributed by atoms with Crippen molar-refractivity contribution in [2.24, 2.45) is 0 Å². The molecule has 0 saturated heterocycles. The van der Waals surface area contributed by atoms with E-state index in [1.165, 1.54) is 17.1 Å². The molecule has 0 radical (unpaired) electrons. The molecular formula is C12H26N2O4S. The van der Waals surface area contributed by atoms with Gasteiger partial charge in [-0.05, 0) is 25.8 Å². The van der Waals surface area contributed by atoms with Gasteiger partial charge in [0.2, 0.25) is 10.0 Å². The topological polar surface area (TPSA) is 67.9 Å². The third-order valence-electron chi connectivity index (χ3n) is 3.07. The number of ether oxygens (including phenoxy) is 2. The maximum atomic E-state index is 12.2. The third kappa shape index (κ3) is 7.22. The molecule has 1 N–H and O–H groups in total. The fraction of sp³-hybridized carbons (Fsp3) is 1.00. The SMILES string of the molecule is COCCN(CCOC)S(=O)(=O)CCCNC1CC1. The third-order valence-corrected chi connectivity index (χ3v) is 5.03. The minimum Gasteiger partial charge on any atom is -0.383 e. The summed E-state index contributed by atoms with van der Waals surface area (Å²) in [6, 6.07) is 0.626. The molecule has 6 nitrogen and oxygen atoms in total. The van der Waals surface area contributed by atoms with Crippen molar-refractivity contribution >= 4 is 10.0 Å². The number of rotatable bonds is 12. The molecule has 114 valence electrons. The molecule has 1 aliphatic carbocycles. The van der Waals surface area contributed by atoms with Gasteiger partial charge >= 0.3 is 0 Å². The zero-order valence-electron chi connectivity index (χ0n) is 11.9. The van der Waals surface area contributed by atoms with Gasteiger partial charge in [0.15, 0.2) is 0 Å². The Balaban J connectivity index is 2.32. The largest absolute Gasteiger partial charge is 0.383 e. The van der Waals surface area contributed by atoms with E-state index in [1.807, 2.05) is 0 Å². The maximum Gasteiger partial charge on any atom is 0.214 e. The van der Waals surface area contributed by atoms with Gasteiger partial charge in [-0.2, -0.15) is 4.31 Å². The highest BCUT2D eigenvalue weighted by Gasteiger charge is 2.23. The Labute approximate surface area is 116 Å². The van der Waals surface area contributed by atoms with Crippen LogP contribution in [-0.4, -0.2) is 71.6 Å². The predicted molar refractivity (Wildman–Crippen MR) is 74.8 cm³/mol. The average Bonchev–Trinajstić information content (AvgIpc) is 3.18. The van der Waals surface area contributed by atoms with Gasteiger partial charge < -0.3 is 14.8 Å². The van der Waals surface area contributed by atoms with Crippen LogP contribution in [0.15, 0.2) is 0 Å². The minimum atomic E-state index is -3.21. The van der Waals surface area contributed by atoms with E-state index in [0.29, 0.717) is 38.8 Å². The first-order valence-corrected chi connectivity index (χ1v) is 8.40. The fourth-order valence-electron chi connectivity index (χ4n) is 1.75. The van der Waals surface area contributed by atoms with Crippen LogP contribution in [0.1, 0.15) is 19.3 Å². The standard InChI is InChI=1S/C12H26N2O4S/c1-17-9-7-14(8-10-18-2)19(15,16)11-3-6-13-12-4-5-12/h12-13H,3-11H2,1-2H3. The molecule has 0 amide bonds. The molecule has 1 saturated carbocycles. The second-order valence-corrected chi connectivity index (χ2v) is 6.87. The predicted octanol–water partition coefficient (Wildman–Crippen LogP) is 0.0531. The van der Waals surface area contributed by atoms with Crippen LogP contribution in [0.3, 0.4) is 0 Å². The van der Waals surface area contributed by atoms with E-state index in [0.717, 1.165) is 6.54 Å². The molecule has 0 bridgehead atoms. The molecular weight excluding hydrogens is 268 g/mol. The van der Waals surface area contributed by atoms with Gasteiger partial charge in [-0.25, -0.2) is 8.42 Å². The first-order chi connectivity index (χ1) is 9.10. The lowest BCUT2D eigenvalue weighted by Crippen LogP contribution is -2.38. The van der Waals surface area contributed by atoms with Gasteiger partial charge in [0.25, 0.3) is 0 Å². The summed E-state index contributed by atoms with van der Waals surface area (Å²) in [5, 5.41) is 3.32. The molecule has 1 fully saturated rings. The minimum absolute atomic E-state index is 0.181. The van der Waals surface area contributed by atoms with E-state index in [1.54, 1.807) is 14.2 Å². The zero-order chi connectivity index (χ0) is 14.1. The highest BCUT2D eigenvalue weighted by atomic mass is 32.2. The van der Waals surface area contributed by atoms with Crippen molar-refractivity contribution in [3.63, 3.8) is 0 Å². The molecule has 1 rings (SSSR count). The Morgan fingerprint density at radius 1 is 1.16 bits per heavy atom. The van der Waals surface area contributed by atoms with E-state index in [2.05, 4.69) is 5.32 Å². The highest BCUT2D eigenvalue weighted by Crippen LogP contribution is 2.18. The van der Waals surface area contributed by atoms with Crippen LogP contribution < -0.4 is 5.32 Å². The van der Waals surface area contributed by atoms with Gasteiger partial charge in [0.05, 0.1) is 19.0 Å². The van der Waals surface area contributed by atoms with Crippen LogP contribution in [0.25, 0.3) is 0 Å². The van der Waals surface area contributed by atoms with Crippen LogP contribution in [0.5, 0.6) is 0 Å². The van der Waals surface area contributed by atoms with Gasteiger partial charge in [-0.15, -0.1) is 0 Å². The fourth-order valence-corrected chi connectivity index (χ4v) is 3.23. The molecule has 0 spiro atoms. The van der Waals surface area contributed by atoms with Crippen LogP contribution in [-0.2, 0) is 19.5 Å². The monoisotopic (exact) mass is 294 g/mol. The first kappa shape index (κ1) is 16.8. The van der Waals surface area contributed by atoms with E-state index in [-0.39, 0.29) is 5.75 Å². The van der Waals surface area contributed by atoms with Crippen molar-refractivity contribution in [3.8, 4) is 0 Å². The van der Waals surface area contributed by atoms with E-state index in [4.69, 9.17) is 9.47 Å². The number of hydrogen-bond acceptors (Lipinski definition) is 5. The number of hydrogen-bond donors (Lipinski definition) is 1. The number of sulfonamides is 1. The molecule has 1 aliphatic rings. The summed E-state index contributed by atoms with van der Waals surface area (Å²) >= 11 is 0.